The van der Waals surface area contributed by atoms with Crippen LogP contribution in [0.2, 0.25) is 0 Å². The molecule has 0 aliphatic carbocycles. The molecular formula is C23H27N5O3. The molecule has 0 bridgehead atoms. The fourth-order valence-electron chi connectivity index (χ4n) is 3.62. The van der Waals surface area contributed by atoms with Crippen LogP contribution in [-0.4, -0.2) is 44.6 Å². The molecule has 4 rings (SSSR count). The summed E-state index contributed by atoms with van der Waals surface area (Å²) in [5.41, 5.74) is 0.698. The molecule has 2 amide bonds. The number of nitrogens with zero attached hydrogens (tertiary/aromatic N) is 4. The SMILES string of the molecule is CC(C)(C)c1cc(NC(=O)C2CCN(C(=O)c3ccco3)CC2)n(-c2ccccn2)n1. The summed E-state index contributed by atoms with van der Waals surface area (Å²) in [5, 5.41) is 7.73. The third kappa shape index (κ3) is 4.52. The molecule has 0 radical (unpaired) electrons. The Balaban J connectivity index is 1.46. The van der Waals surface area contributed by atoms with Gasteiger partial charge in [-0.1, -0.05) is 26.8 Å². The van der Waals surface area contributed by atoms with E-state index in [0.29, 0.717) is 43.3 Å². The van der Waals surface area contributed by atoms with Crippen molar-refractivity contribution < 1.29 is 14.0 Å². The van der Waals surface area contributed by atoms with Crippen LogP contribution in [0, 0.1) is 5.92 Å². The summed E-state index contributed by atoms with van der Waals surface area (Å²) in [6.45, 7) is 7.27. The Morgan fingerprint density at radius 3 is 2.52 bits per heavy atom. The molecule has 8 heteroatoms. The lowest BCUT2D eigenvalue weighted by Crippen LogP contribution is -2.41. The number of pyridine rings is 1. The summed E-state index contributed by atoms with van der Waals surface area (Å²) in [6.07, 6.45) is 4.39. The third-order valence-electron chi connectivity index (χ3n) is 5.48. The molecule has 3 aromatic rings. The summed E-state index contributed by atoms with van der Waals surface area (Å²) in [4.78, 5) is 31.6. The smallest absolute Gasteiger partial charge is 0.289 e. The van der Waals surface area contributed by atoms with Crippen molar-refractivity contribution in [2.75, 3.05) is 18.4 Å². The van der Waals surface area contributed by atoms with E-state index in [4.69, 9.17) is 4.42 Å². The van der Waals surface area contributed by atoms with Gasteiger partial charge >= 0.3 is 0 Å². The molecule has 1 aliphatic rings. The number of nitrogens with one attached hydrogen (secondary N) is 1. The number of amides is 2. The first-order valence-corrected chi connectivity index (χ1v) is 10.5. The number of carbonyl (C=O) groups is 2. The molecule has 4 heterocycles. The van der Waals surface area contributed by atoms with Crippen molar-refractivity contribution in [2.45, 2.75) is 39.0 Å². The minimum Gasteiger partial charge on any atom is -0.459 e. The van der Waals surface area contributed by atoms with E-state index in [1.165, 1.54) is 6.26 Å². The van der Waals surface area contributed by atoms with Crippen molar-refractivity contribution in [3.05, 3.63) is 60.3 Å². The van der Waals surface area contributed by atoms with Gasteiger partial charge in [0.05, 0.1) is 12.0 Å². The number of rotatable bonds is 4. The molecule has 0 atom stereocenters. The van der Waals surface area contributed by atoms with Gasteiger partial charge in [0.25, 0.3) is 5.91 Å². The van der Waals surface area contributed by atoms with Crippen LogP contribution in [-0.2, 0) is 10.2 Å². The van der Waals surface area contributed by atoms with Crippen LogP contribution >= 0.6 is 0 Å². The first-order chi connectivity index (χ1) is 14.8. The Labute approximate surface area is 181 Å². The highest BCUT2D eigenvalue weighted by Gasteiger charge is 2.30. The Kier molecular flexibility index (Phi) is 5.63. The van der Waals surface area contributed by atoms with Crippen molar-refractivity contribution >= 4 is 17.6 Å². The number of likely N-dealkylation sites (tertiary alicyclic amines) is 1. The molecular weight excluding hydrogens is 394 g/mol. The van der Waals surface area contributed by atoms with Gasteiger partial charge in [-0.15, -0.1) is 0 Å². The number of hydrogen-bond donors (Lipinski definition) is 1. The van der Waals surface area contributed by atoms with Crippen LogP contribution in [0.25, 0.3) is 5.82 Å². The van der Waals surface area contributed by atoms with Gasteiger partial charge in [-0.25, -0.2) is 4.98 Å². The van der Waals surface area contributed by atoms with Crippen LogP contribution < -0.4 is 5.32 Å². The fraction of sp³-hybridized carbons (Fsp3) is 0.391. The Morgan fingerprint density at radius 1 is 1.13 bits per heavy atom. The van der Waals surface area contributed by atoms with Crippen LogP contribution in [0.1, 0.15) is 49.9 Å². The molecule has 0 saturated carbocycles. The third-order valence-corrected chi connectivity index (χ3v) is 5.48. The van der Waals surface area contributed by atoms with Crippen molar-refractivity contribution in [2.24, 2.45) is 5.92 Å². The zero-order chi connectivity index (χ0) is 22.0. The Bertz CT molecular complexity index is 1040. The Morgan fingerprint density at radius 2 is 1.90 bits per heavy atom. The van der Waals surface area contributed by atoms with Gasteiger partial charge in [-0.2, -0.15) is 9.78 Å². The molecule has 1 fully saturated rings. The lowest BCUT2D eigenvalue weighted by molar-refractivity contribution is -0.121. The van der Waals surface area contributed by atoms with E-state index in [-0.39, 0.29) is 23.1 Å². The lowest BCUT2D eigenvalue weighted by Gasteiger charge is -2.30. The van der Waals surface area contributed by atoms with Gasteiger partial charge in [0.1, 0.15) is 5.82 Å². The molecule has 1 saturated heterocycles. The predicted molar refractivity (Wildman–Crippen MR) is 116 cm³/mol. The van der Waals surface area contributed by atoms with Gasteiger partial charge in [0.15, 0.2) is 11.6 Å². The normalized spacial score (nSPS) is 15.1. The Hall–Kier alpha value is -3.42. The number of hydrogen-bond acceptors (Lipinski definition) is 5. The number of anilines is 1. The van der Waals surface area contributed by atoms with E-state index < -0.39 is 0 Å². The second kappa shape index (κ2) is 8.37. The van der Waals surface area contributed by atoms with Crippen LogP contribution in [0.4, 0.5) is 5.82 Å². The number of aromatic nitrogens is 3. The lowest BCUT2D eigenvalue weighted by atomic mass is 9.92. The van der Waals surface area contributed by atoms with Crippen LogP contribution in [0.3, 0.4) is 0 Å². The zero-order valence-corrected chi connectivity index (χ0v) is 18.0. The van der Waals surface area contributed by atoms with Crippen molar-refractivity contribution in [1.29, 1.82) is 0 Å². The largest absolute Gasteiger partial charge is 0.459 e. The van der Waals surface area contributed by atoms with Gasteiger partial charge in [-0.05, 0) is 37.1 Å². The minimum absolute atomic E-state index is 0.0670. The van der Waals surface area contributed by atoms with Gasteiger partial charge in [0.2, 0.25) is 5.91 Å². The molecule has 0 unspecified atom stereocenters. The monoisotopic (exact) mass is 421 g/mol. The first-order valence-electron chi connectivity index (χ1n) is 10.5. The van der Waals surface area contributed by atoms with Gasteiger partial charge in [0, 0.05) is 36.7 Å². The molecule has 1 N–H and O–H groups in total. The van der Waals surface area contributed by atoms with Crippen molar-refractivity contribution in [3.8, 4) is 5.82 Å². The second-order valence-electron chi connectivity index (χ2n) is 8.80. The quantitative estimate of drug-likeness (QED) is 0.694. The van der Waals surface area contributed by atoms with E-state index in [1.807, 2.05) is 24.3 Å². The highest BCUT2D eigenvalue weighted by molar-refractivity contribution is 5.93. The van der Waals surface area contributed by atoms with Gasteiger partial charge < -0.3 is 14.6 Å². The molecule has 3 aromatic heterocycles. The van der Waals surface area contributed by atoms with Crippen LogP contribution in [0.5, 0.6) is 0 Å². The van der Waals surface area contributed by atoms with Gasteiger partial charge in [-0.3, -0.25) is 9.59 Å². The maximum atomic E-state index is 13.0. The standard InChI is InChI=1S/C23H27N5O3/c1-23(2,3)18-15-20(28(26-18)19-8-4-5-11-24-19)25-21(29)16-9-12-27(13-10-16)22(30)17-7-6-14-31-17/h4-8,11,14-16H,9-10,12-13H2,1-3H3,(H,25,29). The topological polar surface area (TPSA) is 93.3 Å². The first kappa shape index (κ1) is 20.8. The van der Waals surface area contributed by atoms with E-state index in [2.05, 4.69) is 36.2 Å². The highest BCUT2D eigenvalue weighted by Crippen LogP contribution is 2.27. The van der Waals surface area contributed by atoms with Crippen molar-refractivity contribution in [3.63, 3.8) is 0 Å². The number of piperidine rings is 1. The number of carbonyl (C=O) groups excluding carboxylic acids is 2. The highest BCUT2D eigenvalue weighted by atomic mass is 16.3. The minimum atomic E-state index is -0.175. The number of furan rings is 1. The maximum absolute atomic E-state index is 13.0. The zero-order valence-electron chi connectivity index (χ0n) is 18.0. The summed E-state index contributed by atoms with van der Waals surface area (Å²) in [7, 11) is 0. The maximum Gasteiger partial charge on any atom is 0.289 e. The second-order valence-corrected chi connectivity index (χ2v) is 8.80. The van der Waals surface area contributed by atoms with Crippen LogP contribution in [0.15, 0.2) is 53.3 Å². The molecule has 0 aromatic carbocycles. The summed E-state index contributed by atoms with van der Waals surface area (Å²) < 4.78 is 6.88. The fourth-order valence-corrected chi connectivity index (χ4v) is 3.62. The molecule has 162 valence electrons. The van der Waals surface area contributed by atoms with Crippen molar-refractivity contribution in [1.82, 2.24) is 19.7 Å². The summed E-state index contributed by atoms with van der Waals surface area (Å²) in [5.74, 6) is 1.20. The molecule has 31 heavy (non-hydrogen) atoms. The average molecular weight is 422 g/mol. The molecule has 1 aliphatic heterocycles. The van der Waals surface area contributed by atoms with E-state index >= 15 is 0 Å². The van der Waals surface area contributed by atoms with E-state index in [1.54, 1.807) is 27.9 Å². The average Bonchev–Trinajstić information content (AvgIpc) is 3.44. The summed E-state index contributed by atoms with van der Waals surface area (Å²) in [6, 6.07) is 10.8. The predicted octanol–water partition coefficient (Wildman–Crippen LogP) is 3.65. The molecule has 0 spiro atoms. The van der Waals surface area contributed by atoms with E-state index in [9.17, 15) is 9.59 Å². The molecule has 8 nitrogen and oxygen atoms in total. The summed E-state index contributed by atoms with van der Waals surface area (Å²) >= 11 is 0. The van der Waals surface area contributed by atoms with E-state index in [0.717, 1.165) is 5.69 Å².